The first-order valence-electron chi connectivity index (χ1n) is 3.75. The third kappa shape index (κ3) is 2.21. The molecule has 1 rings (SSSR count). The molecule has 0 N–H and O–H groups in total. The molecule has 0 fully saturated rings. The topological polar surface area (TPSA) is 12.9 Å². The molecule has 7 heteroatoms. The van der Waals surface area contributed by atoms with E-state index in [9.17, 15) is 26.3 Å². The zero-order valence-corrected chi connectivity index (χ0v) is 7.37. The van der Waals surface area contributed by atoms with Gasteiger partial charge in [0, 0.05) is 11.8 Å². The highest BCUT2D eigenvalue weighted by Gasteiger charge is 2.37. The predicted molar refractivity (Wildman–Crippen MR) is 38.9 cm³/mol. The lowest BCUT2D eigenvalue weighted by Crippen LogP contribution is -2.13. The van der Waals surface area contributed by atoms with Crippen LogP contribution in [0.1, 0.15) is 23.2 Å². The third-order valence-corrected chi connectivity index (χ3v) is 1.81. The van der Waals surface area contributed by atoms with Gasteiger partial charge in [0.1, 0.15) is 0 Å². The van der Waals surface area contributed by atoms with Crippen LogP contribution in [0.5, 0.6) is 0 Å². The number of rotatable bonds is 1. The van der Waals surface area contributed by atoms with Gasteiger partial charge in [-0.25, -0.2) is 18.2 Å². The number of alkyl halides is 5. The highest BCUT2D eigenvalue weighted by atomic mass is 19.4. The van der Waals surface area contributed by atoms with Gasteiger partial charge in [-0.15, -0.1) is 0 Å². The van der Waals surface area contributed by atoms with Crippen LogP contribution in [0.4, 0.5) is 26.3 Å². The van der Waals surface area contributed by atoms with E-state index in [-0.39, 0.29) is 0 Å². The summed E-state index contributed by atoms with van der Waals surface area (Å²) in [6, 6.07) is 0. The maximum atomic E-state index is 13.0. The van der Waals surface area contributed by atoms with Crippen LogP contribution >= 0.6 is 0 Å². The van der Waals surface area contributed by atoms with Gasteiger partial charge in [0.2, 0.25) is 0 Å². The van der Waals surface area contributed by atoms with Crippen LogP contribution in [0.3, 0.4) is 0 Å². The lowest BCUT2D eigenvalue weighted by atomic mass is 10.1. The first kappa shape index (κ1) is 11.8. The average molecular weight is 229 g/mol. The molecule has 0 saturated carbocycles. The van der Waals surface area contributed by atoms with Crippen LogP contribution in [0.2, 0.25) is 0 Å². The molecular weight excluding hydrogens is 224 g/mol. The Labute approximate surface area is 80.7 Å². The summed E-state index contributed by atoms with van der Waals surface area (Å²) in [5, 5.41) is 0. The maximum Gasteiger partial charge on any atom is 0.436 e. The molecule has 1 heterocycles. The Morgan fingerprint density at radius 2 is 1.80 bits per heavy atom. The van der Waals surface area contributed by atoms with Crippen molar-refractivity contribution in [3.05, 3.63) is 28.8 Å². The van der Waals surface area contributed by atoms with Crippen molar-refractivity contribution in [3.8, 4) is 0 Å². The SMILES string of the molecule is Cc1c(C(F)F)cnc(C(F)(F)F)c1F. The Balaban J connectivity index is 3.34. The van der Waals surface area contributed by atoms with Crippen molar-refractivity contribution in [1.82, 2.24) is 4.98 Å². The van der Waals surface area contributed by atoms with E-state index in [4.69, 9.17) is 0 Å². The molecule has 0 bridgehead atoms. The van der Waals surface area contributed by atoms with E-state index < -0.39 is 35.2 Å². The summed E-state index contributed by atoms with van der Waals surface area (Å²) in [6.45, 7) is 0.855. The van der Waals surface area contributed by atoms with Gasteiger partial charge in [0.05, 0.1) is 0 Å². The number of hydrogen-bond acceptors (Lipinski definition) is 1. The third-order valence-electron chi connectivity index (χ3n) is 1.81. The molecule has 15 heavy (non-hydrogen) atoms. The van der Waals surface area contributed by atoms with Crippen molar-refractivity contribution in [1.29, 1.82) is 0 Å². The van der Waals surface area contributed by atoms with Crippen LogP contribution in [0.25, 0.3) is 0 Å². The predicted octanol–water partition coefficient (Wildman–Crippen LogP) is 3.49. The van der Waals surface area contributed by atoms with E-state index in [1.54, 1.807) is 0 Å². The Hall–Kier alpha value is -1.27. The maximum absolute atomic E-state index is 13.0. The zero-order valence-electron chi connectivity index (χ0n) is 7.37. The molecule has 84 valence electrons. The zero-order chi connectivity index (χ0) is 11.8. The van der Waals surface area contributed by atoms with Crippen molar-refractivity contribution in [3.63, 3.8) is 0 Å². The molecule has 0 spiro atoms. The fourth-order valence-electron chi connectivity index (χ4n) is 1.01. The molecule has 1 nitrogen and oxygen atoms in total. The normalized spacial score (nSPS) is 12.3. The Bertz CT molecular complexity index is 370. The van der Waals surface area contributed by atoms with Crippen LogP contribution < -0.4 is 0 Å². The Morgan fingerprint density at radius 3 is 2.20 bits per heavy atom. The van der Waals surface area contributed by atoms with E-state index in [1.165, 1.54) is 0 Å². The summed E-state index contributed by atoms with van der Waals surface area (Å²) in [7, 11) is 0. The Morgan fingerprint density at radius 1 is 1.27 bits per heavy atom. The molecule has 1 aromatic heterocycles. The molecule has 0 amide bonds. The van der Waals surface area contributed by atoms with E-state index in [1.807, 2.05) is 0 Å². The minimum atomic E-state index is -4.98. The number of pyridine rings is 1. The number of aromatic nitrogens is 1. The van der Waals surface area contributed by atoms with E-state index in [0.717, 1.165) is 6.92 Å². The van der Waals surface area contributed by atoms with Gasteiger partial charge < -0.3 is 0 Å². The van der Waals surface area contributed by atoms with Crippen molar-refractivity contribution >= 4 is 0 Å². The van der Waals surface area contributed by atoms with Gasteiger partial charge in [-0.1, -0.05) is 0 Å². The number of nitrogens with zero attached hydrogens (tertiary/aromatic N) is 1. The number of halogens is 6. The largest absolute Gasteiger partial charge is 0.436 e. The minimum Gasteiger partial charge on any atom is -0.248 e. The van der Waals surface area contributed by atoms with Gasteiger partial charge in [0.25, 0.3) is 6.43 Å². The van der Waals surface area contributed by atoms with Crippen molar-refractivity contribution in [2.75, 3.05) is 0 Å². The first-order valence-corrected chi connectivity index (χ1v) is 3.75. The summed E-state index contributed by atoms with van der Waals surface area (Å²) in [5.74, 6) is -1.75. The molecule has 0 aliphatic rings. The summed E-state index contributed by atoms with van der Waals surface area (Å²) < 4.78 is 73.5. The second-order valence-corrected chi connectivity index (χ2v) is 2.80. The molecule has 1 aromatic rings. The molecule has 0 aromatic carbocycles. The van der Waals surface area contributed by atoms with Crippen molar-refractivity contribution in [2.24, 2.45) is 0 Å². The van der Waals surface area contributed by atoms with Crippen LogP contribution in [0.15, 0.2) is 6.20 Å². The fourth-order valence-corrected chi connectivity index (χ4v) is 1.01. The molecular formula is C8H5F6N. The van der Waals surface area contributed by atoms with Crippen LogP contribution in [-0.2, 0) is 6.18 Å². The fraction of sp³-hybridized carbons (Fsp3) is 0.375. The van der Waals surface area contributed by atoms with Gasteiger partial charge in [-0.05, 0) is 12.5 Å². The lowest BCUT2D eigenvalue weighted by Gasteiger charge is -2.11. The second kappa shape index (κ2) is 3.71. The standard InChI is InChI=1S/C8H5F6N/c1-3-4(7(10)11)2-15-6(5(3)9)8(12,13)14/h2,7H,1H3. The van der Waals surface area contributed by atoms with Crippen molar-refractivity contribution in [2.45, 2.75) is 19.5 Å². The van der Waals surface area contributed by atoms with E-state index >= 15 is 0 Å². The molecule has 0 aliphatic heterocycles. The van der Waals surface area contributed by atoms with Gasteiger partial charge >= 0.3 is 6.18 Å². The second-order valence-electron chi connectivity index (χ2n) is 2.80. The average Bonchev–Trinajstić information content (AvgIpc) is 2.06. The molecule has 0 aliphatic carbocycles. The molecule has 0 radical (unpaired) electrons. The van der Waals surface area contributed by atoms with Crippen LogP contribution in [-0.4, -0.2) is 4.98 Å². The lowest BCUT2D eigenvalue weighted by molar-refractivity contribution is -0.143. The summed E-state index contributed by atoms with van der Waals surface area (Å²) in [5.41, 5.74) is -3.34. The van der Waals surface area contributed by atoms with Crippen molar-refractivity contribution < 1.29 is 26.3 Å². The quantitative estimate of drug-likeness (QED) is 0.671. The number of hydrogen-bond donors (Lipinski definition) is 0. The summed E-state index contributed by atoms with van der Waals surface area (Å²) in [6.07, 6.45) is -7.68. The van der Waals surface area contributed by atoms with Gasteiger partial charge in [0.15, 0.2) is 11.5 Å². The van der Waals surface area contributed by atoms with Gasteiger partial charge in [-0.2, -0.15) is 13.2 Å². The smallest absolute Gasteiger partial charge is 0.248 e. The Kier molecular flexibility index (Phi) is 2.92. The summed E-state index contributed by atoms with van der Waals surface area (Å²) in [4.78, 5) is 2.65. The molecule has 0 unspecified atom stereocenters. The van der Waals surface area contributed by atoms with E-state index in [2.05, 4.69) is 4.98 Å². The monoisotopic (exact) mass is 229 g/mol. The van der Waals surface area contributed by atoms with Gasteiger partial charge in [-0.3, -0.25) is 0 Å². The molecule has 0 atom stereocenters. The molecule has 0 saturated heterocycles. The first-order chi connectivity index (χ1) is 6.75. The highest BCUT2D eigenvalue weighted by Crippen LogP contribution is 2.33. The van der Waals surface area contributed by atoms with E-state index in [0.29, 0.717) is 6.20 Å². The van der Waals surface area contributed by atoms with Crippen LogP contribution in [0, 0.1) is 12.7 Å². The highest BCUT2D eigenvalue weighted by molar-refractivity contribution is 5.29. The summed E-state index contributed by atoms with van der Waals surface area (Å²) >= 11 is 0. The minimum absolute atomic E-state index is 0.339.